The van der Waals surface area contributed by atoms with Gasteiger partial charge in [0.25, 0.3) is 11.8 Å². The van der Waals surface area contributed by atoms with Crippen LogP contribution in [0.2, 0.25) is 0 Å². The lowest BCUT2D eigenvalue weighted by Gasteiger charge is -2.22. The van der Waals surface area contributed by atoms with E-state index in [-0.39, 0.29) is 29.8 Å². The van der Waals surface area contributed by atoms with E-state index in [1.54, 1.807) is 49.1 Å². The molecule has 2 aromatic heterocycles. The molecule has 0 fully saturated rings. The van der Waals surface area contributed by atoms with Crippen LogP contribution in [0.15, 0.2) is 106 Å². The second-order valence-corrected chi connectivity index (χ2v) is 11.1. The molecule has 0 spiro atoms. The molecule has 3 aromatic carbocycles. The van der Waals surface area contributed by atoms with Gasteiger partial charge >= 0.3 is 0 Å². The summed E-state index contributed by atoms with van der Waals surface area (Å²) in [5.74, 6) is 0.783. The summed E-state index contributed by atoms with van der Waals surface area (Å²) in [4.78, 5) is 26.4. The van der Waals surface area contributed by atoms with Crippen molar-refractivity contribution in [1.82, 2.24) is 25.1 Å². The molecule has 1 aliphatic rings. The molecule has 46 heavy (non-hydrogen) atoms. The Bertz CT molecular complexity index is 1860. The molecule has 13 heteroatoms. The standard InChI is InChI=1S/C33H29FN6O5S/c1-43-24-15-11-21(12-16-24)25-18-27(22-9-13-23(34)14-10-22)40(38-25)31(41)20-46-33-37-36-30(19-35-32(42)29-8-5-17-45-29)39(33)26-6-3-4-7-28(26)44-2/h3-17,27H,18-20H2,1-2H3,(H,35,42)/t27-/m1/s1. The average Bonchev–Trinajstić information content (AvgIpc) is 3.87. The third-order valence-corrected chi connectivity index (χ3v) is 8.26. The number of nitrogens with zero attached hydrogens (tertiary/aromatic N) is 5. The number of rotatable bonds is 11. The molecule has 5 aromatic rings. The number of aromatic nitrogens is 3. The fourth-order valence-corrected chi connectivity index (χ4v) is 5.87. The first-order chi connectivity index (χ1) is 22.4. The molecular formula is C33H29FN6O5S. The van der Waals surface area contributed by atoms with E-state index in [0.29, 0.717) is 34.6 Å². The van der Waals surface area contributed by atoms with Crippen molar-refractivity contribution in [1.29, 1.82) is 0 Å². The van der Waals surface area contributed by atoms with E-state index in [1.807, 2.05) is 42.5 Å². The fraction of sp³-hybridized carbons (Fsp3) is 0.182. The Morgan fingerprint density at radius 1 is 0.978 bits per heavy atom. The van der Waals surface area contributed by atoms with Gasteiger partial charge in [-0.3, -0.25) is 14.2 Å². The number of methoxy groups -OCH3 is 2. The van der Waals surface area contributed by atoms with Crippen LogP contribution in [0, 0.1) is 5.82 Å². The fourth-order valence-electron chi connectivity index (χ4n) is 5.05. The van der Waals surface area contributed by atoms with Crippen molar-refractivity contribution in [3.63, 3.8) is 0 Å². The van der Waals surface area contributed by atoms with Crippen LogP contribution in [0.3, 0.4) is 0 Å². The van der Waals surface area contributed by atoms with Crippen LogP contribution in [0.25, 0.3) is 5.69 Å². The van der Waals surface area contributed by atoms with Gasteiger partial charge in [-0.05, 0) is 71.8 Å². The number of halogens is 1. The van der Waals surface area contributed by atoms with E-state index in [0.717, 1.165) is 16.8 Å². The number of ether oxygens (including phenoxy) is 2. The summed E-state index contributed by atoms with van der Waals surface area (Å²) >= 11 is 1.18. The van der Waals surface area contributed by atoms with Gasteiger partial charge in [0.1, 0.15) is 17.3 Å². The van der Waals surface area contributed by atoms with E-state index >= 15 is 0 Å². The molecule has 11 nitrogen and oxygen atoms in total. The van der Waals surface area contributed by atoms with Crippen LogP contribution in [-0.2, 0) is 11.3 Å². The van der Waals surface area contributed by atoms with Gasteiger partial charge in [-0.2, -0.15) is 5.10 Å². The zero-order chi connectivity index (χ0) is 32.0. The number of thioether (sulfide) groups is 1. The normalized spacial score (nSPS) is 14.2. The minimum Gasteiger partial charge on any atom is -0.497 e. The summed E-state index contributed by atoms with van der Waals surface area (Å²) in [6, 6.07) is 23.6. The highest BCUT2D eigenvalue weighted by Gasteiger charge is 2.33. The third-order valence-electron chi connectivity index (χ3n) is 7.35. The lowest BCUT2D eigenvalue weighted by Crippen LogP contribution is -2.28. The summed E-state index contributed by atoms with van der Waals surface area (Å²) in [5, 5.41) is 18.1. The smallest absolute Gasteiger partial charge is 0.287 e. The molecule has 1 atom stereocenters. The van der Waals surface area contributed by atoms with Crippen molar-refractivity contribution in [3.05, 3.63) is 120 Å². The van der Waals surface area contributed by atoms with Crippen molar-refractivity contribution in [2.24, 2.45) is 5.10 Å². The van der Waals surface area contributed by atoms with Crippen LogP contribution in [-0.4, -0.2) is 57.3 Å². The van der Waals surface area contributed by atoms with Crippen molar-refractivity contribution in [3.8, 4) is 17.2 Å². The molecule has 0 saturated heterocycles. The van der Waals surface area contributed by atoms with Gasteiger partial charge in [0, 0.05) is 6.42 Å². The van der Waals surface area contributed by atoms with E-state index in [4.69, 9.17) is 19.0 Å². The summed E-state index contributed by atoms with van der Waals surface area (Å²) in [7, 11) is 3.15. The number of nitrogens with one attached hydrogen (secondary N) is 1. The minimum atomic E-state index is -0.426. The van der Waals surface area contributed by atoms with E-state index in [2.05, 4.69) is 15.5 Å². The van der Waals surface area contributed by atoms with Crippen LogP contribution in [0.4, 0.5) is 4.39 Å². The molecule has 234 valence electrons. The second kappa shape index (κ2) is 13.7. The Kier molecular flexibility index (Phi) is 9.10. The predicted octanol–water partition coefficient (Wildman–Crippen LogP) is 5.42. The Hall–Kier alpha value is -5.43. The Labute approximate surface area is 268 Å². The molecule has 2 amide bonds. The molecule has 0 aliphatic carbocycles. The summed E-state index contributed by atoms with van der Waals surface area (Å²) < 4.78 is 31.6. The van der Waals surface area contributed by atoms with Gasteiger partial charge in [-0.1, -0.05) is 36.0 Å². The summed E-state index contributed by atoms with van der Waals surface area (Å²) in [5.41, 5.74) is 2.98. The molecule has 0 bridgehead atoms. The second-order valence-electron chi connectivity index (χ2n) is 10.1. The highest BCUT2D eigenvalue weighted by molar-refractivity contribution is 7.99. The lowest BCUT2D eigenvalue weighted by molar-refractivity contribution is -0.130. The van der Waals surface area contributed by atoms with Crippen LogP contribution >= 0.6 is 11.8 Å². The predicted molar refractivity (Wildman–Crippen MR) is 169 cm³/mol. The van der Waals surface area contributed by atoms with Crippen molar-refractivity contribution in [2.75, 3.05) is 20.0 Å². The van der Waals surface area contributed by atoms with Crippen molar-refractivity contribution in [2.45, 2.75) is 24.2 Å². The van der Waals surface area contributed by atoms with Crippen molar-refractivity contribution >= 4 is 29.3 Å². The molecule has 6 rings (SSSR count). The lowest BCUT2D eigenvalue weighted by atomic mass is 9.98. The molecule has 1 N–H and O–H groups in total. The Morgan fingerprint density at radius 3 is 2.48 bits per heavy atom. The number of benzene rings is 3. The number of carbonyl (C=O) groups is 2. The number of hydrogen-bond donors (Lipinski definition) is 1. The Morgan fingerprint density at radius 2 is 1.76 bits per heavy atom. The number of amides is 2. The van der Waals surface area contributed by atoms with Gasteiger partial charge in [0.05, 0.1) is 50.2 Å². The number of hydrogen-bond acceptors (Lipinski definition) is 9. The largest absolute Gasteiger partial charge is 0.497 e. The first-order valence-electron chi connectivity index (χ1n) is 14.3. The summed E-state index contributed by atoms with van der Waals surface area (Å²) in [6.07, 6.45) is 1.87. The molecule has 0 saturated carbocycles. The maximum atomic E-state index is 13.8. The van der Waals surface area contributed by atoms with Gasteiger partial charge in [-0.15, -0.1) is 10.2 Å². The van der Waals surface area contributed by atoms with Crippen LogP contribution in [0.1, 0.15) is 40.0 Å². The molecule has 3 heterocycles. The summed E-state index contributed by atoms with van der Waals surface area (Å²) in [6.45, 7) is 0.0351. The minimum absolute atomic E-state index is 0.0247. The maximum Gasteiger partial charge on any atom is 0.287 e. The third kappa shape index (κ3) is 6.49. The molecule has 0 radical (unpaired) electrons. The van der Waals surface area contributed by atoms with Gasteiger partial charge in [0.15, 0.2) is 16.7 Å². The SMILES string of the molecule is COc1ccc(C2=NN(C(=O)CSc3nnc(CNC(=O)c4ccco4)n3-c3ccccc3OC)[C@@H](c3ccc(F)cc3)C2)cc1. The number of furan rings is 1. The van der Waals surface area contributed by atoms with Gasteiger partial charge in [-0.25, -0.2) is 9.40 Å². The van der Waals surface area contributed by atoms with Gasteiger partial charge < -0.3 is 19.2 Å². The van der Waals surface area contributed by atoms with E-state index in [1.165, 1.54) is 35.2 Å². The number of hydrazone groups is 1. The van der Waals surface area contributed by atoms with Crippen LogP contribution in [0.5, 0.6) is 11.5 Å². The van der Waals surface area contributed by atoms with E-state index in [9.17, 15) is 14.0 Å². The van der Waals surface area contributed by atoms with E-state index < -0.39 is 11.9 Å². The van der Waals surface area contributed by atoms with Crippen LogP contribution < -0.4 is 14.8 Å². The zero-order valence-corrected chi connectivity index (χ0v) is 25.7. The number of carbonyl (C=O) groups excluding carboxylic acids is 2. The highest BCUT2D eigenvalue weighted by atomic mass is 32.2. The maximum absolute atomic E-state index is 13.8. The Balaban J connectivity index is 1.27. The monoisotopic (exact) mass is 640 g/mol. The molecular weight excluding hydrogens is 611 g/mol. The van der Waals surface area contributed by atoms with Crippen molar-refractivity contribution < 1.29 is 27.9 Å². The quantitative estimate of drug-likeness (QED) is 0.190. The molecule has 0 unspecified atom stereocenters. The topological polar surface area (TPSA) is 124 Å². The van der Waals surface area contributed by atoms with Gasteiger partial charge in [0.2, 0.25) is 0 Å². The molecule has 1 aliphatic heterocycles. The highest BCUT2D eigenvalue weighted by Crippen LogP contribution is 2.35. The first-order valence-corrected chi connectivity index (χ1v) is 15.3. The first kappa shape index (κ1) is 30.6. The zero-order valence-electron chi connectivity index (χ0n) is 24.9. The average molecular weight is 641 g/mol. The number of para-hydroxylation sites is 2.